The first-order valence-corrected chi connectivity index (χ1v) is 6.50. The number of hydrogen-bond acceptors (Lipinski definition) is 3. The number of pyridine rings is 1. The van der Waals surface area contributed by atoms with Crippen LogP contribution in [0.15, 0.2) is 12.1 Å². The van der Waals surface area contributed by atoms with Gasteiger partial charge in [0.05, 0.1) is 11.5 Å². The van der Waals surface area contributed by atoms with Gasteiger partial charge in [-0.05, 0) is 31.9 Å². The van der Waals surface area contributed by atoms with Gasteiger partial charge in [0.2, 0.25) is 0 Å². The Balaban J connectivity index is 2.86. The Morgan fingerprint density at radius 2 is 2.16 bits per heavy atom. The molecule has 0 unspecified atom stereocenters. The van der Waals surface area contributed by atoms with Gasteiger partial charge in [-0.25, -0.2) is 4.98 Å². The lowest BCUT2D eigenvalue weighted by Crippen LogP contribution is -2.33. The monoisotopic (exact) mass is 279 g/mol. The molecule has 0 saturated carbocycles. The minimum absolute atomic E-state index is 0.195. The number of nitrogens with one attached hydrogen (secondary N) is 1. The van der Waals surface area contributed by atoms with Crippen LogP contribution in [0.4, 0.5) is 0 Å². The number of halogens is 1. The normalized spacial score (nSPS) is 11.2. The van der Waals surface area contributed by atoms with Crippen LogP contribution in [-0.4, -0.2) is 17.4 Å². The third kappa shape index (κ3) is 4.53. The van der Waals surface area contributed by atoms with Gasteiger partial charge in [0.15, 0.2) is 0 Å². The molecule has 1 rings (SSSR count). The Labute approximate surface area is 118 Å². The summed E-state index contributed by atoms with van der Waals surface area (Å²) in [6.45, 7) is 7.80. The Morgan fingerprint density at radius 3 is 2.68 bits per heavy atom. The summed E-state index contributed by atoms with van der Waals surface area (Å²) in [5.41, 5.74) is 0.655. The topological polar surface area (TPSA) is 65.8 Å². The number of hydrogen-bond donors (Lipinski definition) is 1. The molecule has 0 spiro atoms. The van der Waals surface area contributed by atoms with Crippen molar-refractivity contribution in [3.8, 4) is 6.07 Å². The van der Waals surface area contributed by atoms with Crippen molar-refractivity contribution in [1.29, 1.82) is 5.26 Å². The lowest BCUT2D eigenvalue weighted by atomic mass is 9.96. The fraction of sp³-hybridized carbons (Fsp3) is 0.500. The van der Waals surface area contributed by atoms with Gasteiger partial charge >= 0.3 is 0 Å². The second-order valence-corrected chi connectivity index (χ2v) is 5.82. The molecule has 4 nitrogen and oxygen atoms in total. The molecule has 1 N–H and O–H groups in total. The molecule has 0 saturated heterocycles. The van der Waals surface area contributed by atoms with Crippen molar-refractivity contribution in [3.63, 3.8) is 0 Å². The van der Waals surface area contributed by atoms with Crippen LogP contribution in [0.2, 0.25) is 5.15 Å². The van der Waals surface area contributed by atoms with Crippen LogP contribution in [0.25, 0.3) is 0 Å². The molecule has 5 heteroatoms. The summed E-state index contributed by atoms with van der Waals surface area (Å²) in [6, 6.07) is 5.39. The number of carbonyl (C=O) groups is 1. The maximum atomic E-state index is 12.0. The first-order valence-electron chi connectivity index (χ1n) is 6.12. The van der Waals surface area contributed by atoms with Gasteiger partial charge < -0.3 is 5.32 Å². The van der Waals surface area contributed by atoms with Crippen LogP contribution >= 0.6 is 11.6 Å². The maximum absolute atomic E-state index is 12.0. The van der Waals surface area contributed by atoms with Crippen LogP contribution in [-0.2, 0) is 0 Å². The van der Waals surface area contributed by atoms with Crippen molar-refractivity contribution in [1.82, 2.24) is 10.3 Å². The average molecular weight is 280 g/mol. The molecule has 0 aliphatic carbocycles. The summed E-state index contributed by atoms with van der Waals surface area (Å²) in [6.07, 6.45) is 0. The van der Waals surface area contributed by atoms with E-state index in [4.69, 9.17) is 16.9 Å². The van der Waals surface area contributed by atoms with Gasteiger partial charge in [-0.15, -0.1) is 0 Å². The SMILES string of the molecule is CC(C)c1cc(C(=O)NCC(C)(C)C#N)cc(Cl)n1. The standard InChI is InChI=1S/C14H18ClN3O/c1-9(2)11-5-10(6-12(15)18-11)13(19)17-8-14(3,4)7-16/h5-6,9H,8H2,1-4H3,(H,17,19). The summed E-state index contributed by atoms with van der Waals surface area (Å²) in [4.78, 5) is 16.2. The third-order valence-corrected chi connectivity index (χ3v) is 2.85. The van der Waals surface area contributed by atoms with E-state index in [1.165, 1.54) is 6.07 Å². The fourth-order valence-electron chi connectivity index (χ4n) is 1.39. The van der Waals surface area contributed by atoms with E-state index in [-0.39, 0.29) is 11.8 Å². The van der Waals surface area contributed by atoms with Crippen LogP contribution < -0.4 is 5.32 Å². The number of carbonyl (C=O) groups excluding carboxylic acids is 1. The molecule has 102 valence electrons. The predicted octanol–water partition coefficient (Wildman–Crippen LogP) is 3.14. The predicted molar refractivity (Wildman–Crippen MR) is 75.1 cm³/mol. The zero-order chi connectivity index (χ0) is 14.6. The molecule has 0 atom stereocenters. The van der Waals surface area contributed by atoms with Crippen molar-refractivity contribution < 1.29 is 4.79 Å². The number of nitriles is 1. The fourth-order valence-corrected chi connectivity index (χ4v) is 1.60. The van der Waals surface area contributed by atoms with Gasteiger partial charge in [-0.3, -0.25) is 4.79 Å². The van der Waals surface area contributed by atoms with Gasteiger partial charge in [0.1, 0.15) is 5.15 Å². The number of nitrogens with zero attached hydrogens (tertiary/aromatic N) is 2. The van der Waals surface area contributed by atoms with E-state index in [0.29, 0.717) is 17.3 Å². The average Bonchev–Trinajstić information content (AvgIpc) is 2.35. The van der Waals surface area contributed by atoms with Gasteiger partial charge in [-0.2, -0.15) is 5.26 Å². The zero-order valence-electron chi connectivity index (χ0n) is 11.6. The minimum Gasteiger partial charge on any atom is -0.350 e. The molecule has 1 heterocycles. The summed E-state index contributed by atoms with van der Waals surface area (Å²) < 4.78 is 0. The summed E-state index contributed by atoms with van der Waals surface area (Å²) >= 11 is 5.91. The third-order valence-electron chi connectivity index (χ3n) is 2.66. The van der Waals surface area contributed by atoms with E-state index in [2.05, 4.69) is 16.4 Å². The van der Waals surface area contributed by atoms with Gasteiger partial charge in [0, 0.05) is 17.8 Å². The second kappa shape index (κ2) is 6.03. The van der Waals surface area contributed by atoms with Gasteiger partial charge in [-0.1, -0.05) is 25.4 Å². The van der Waals surface area contributed by atoms with Crippen molar-refractivity contribution in [2.24, 2.45) is 5.41 Å². The molecule has 19 heavy (non-hydrogen) atoms. The summed E-state index contributed by atoms with van der Waals surface area (Å²) in [5, 5.41) is 11.9. The maximum Gasteiger partial charge on any atom is 0.251 e. The largest absolute Gasteiger partial charge is 0.350 e. The van der Waals surface area contributed by atoms with Crippen molar-refractivity contribution >= 4 is 17.5 Å². The van der Waals surface area contributed by atoms with E-state index in [9.17, 15) is 4.79 Å². The lowest BCUT2D eigenvalue weighted by Gasteiger charge is -2.16. The second-order valence-electron chi connectivity index (χ2n) is 5.44. The quantitative estimate of drug-likeness (QED) is 0.861. The highest BCUT2D eigenvalue weighted by atomic mass is 35.5. The van der Waals surface area contributed by atoms with Crippen molar-refractivity contribution in [2.75, 3.05) is 6.54 Å². The minimum atomic E-state index is -0.590. The smallest absolute Gasteiger partial charge is 0.251 e. The molecular weight excluding hydrogens is 262 g/mol. The van der Waals surface area contributed by atoms with Crippen LogP contribution in [0, 0.1) is 16.7 Å². The summed E-state index contributed by atoms with van der Waals surface area (Å²) in [5.74, 6) is -0.0460. The van der Waals surface area contributed by atoms with Crippen LogP contribution in [0.5, 0.6) is 0 Å². The summed E-state index contributed by atoms with van der Waals surface area (Å²) in [7, 11) is 0. The molecule has 0 aliphatic rings. The van der Waals surface area contributed by atoms with Crippen molar-refractivity contribution in [3.05, 3.63) is 28.5 Å². The first-order chi connectivity index (χ1) is 8.75. The highest BCUT2D eigenvalue weighted by molar-refractivity contribution is 6.29. The van der Waals surface area contributed by atoms with E-state index in [1.54, 1.807) is 19.9 Å². The van der Waals surface area contributed by atoms with E-state index in [1.807, 2.05) is 13.8 Å². The Kier molecular flexibility index (Phi) is 4.90. The first kappa shape index (κ1) is 15.5. The zero-order valence-corrected chi connectivity index (χ0v) is 12.4. The van der Waals surface area contributed by atoms with E-state index >= 15 is 0 Å². The molecule has 1 aromatic heterocycles. The highest BCUT2D eigenvalue weighted by Gasteiger charge is 2.19. The van der Waals surface area contributed by atoms with Crippen LogP contribution in [0.1, 0.15) is 49.7 Å². The Morgan fingerprint density at radius 1 is 1.53 bits per heavy atom. The van der Waals surface area contributed by atoms with Gasteiger partial charge in [0.25, 0.3) is 5.91 Å². The Hall–Kier alpha value is -1.60. The molecular formula is C14H18ClN3O. The molecule has 0 fully saturated rings. The molecule has 0 bridgehead atoms. The van der Waals surface area contributed by atoms with Crippen molar-refractivity contribution in [2.45, 2.75) is 33.6 Å². The molecule has 0 aliphatic heterocycles. The number of rotatable bonds is 4. The Bertz CT molecular complexity index is 518. The number of amides is 1. The molecule has 0 radical (unpaired) electrons. The van der Waals surface area contributed by atoms with E-state index < -0.39 is 5.41 Å². The van der Waals surface area contributed by atoms with E-state index in [0.717, 1.165) is 5.69 Å². The molecule has 0 aromatic carbocycles. The van der Waals surface area contributed by atoms with Crippen LogP contribution in [0.3, 0.4) is 0 Å². The molecule has 1 aromatic rings. The molecule has 1 amide bonds. The lowest BCUT2D eigenvalue weighted by molar-refractivity contribution is 0.0943. The number of aromatic nitrogens is 1. The highest BCUT2D eigenvalue weighted by Crippen LogP contribution is 2.18.